The zero-order valence-corrected chi connectivity index (χ0v) is 14.2. The molecule has 0 bridgehead atoms. The summed E-state index contributed by atoms with van der Waals surface area (Å²) in [6, 6.07) is 6.04. The molecule has 132 valence electrons. The minimum Gasteiger partial charge on any atom is -0.467 e. The quantitative estimate of drug-likeness (QED) is 0.904. The Morgan fingerprint density at radius 1 is 1.28 bits per heavy atom. The zero-order chi connectivity index (χ0) is 17.1. The normalized spacial score (nSPS) is 20.3. The number of aromatic nitrogens is 2. The number of nitrogens with one attached hydrogen (secondary N) is 1. The molecule has 1 aliphatic heterocycles. The Hall–Kier alpha value is -2.57. The molecule has 1 saturated heterocycles. The highest BCUT2D eigenvalue weighted by Crippen LogP contribution is 2.28. The lowest BCUT2D eigenvalue weighted by Crippen LogP contribution is -2.52. The van der Waals surface area contributed by atoms with Gasteiger partial charge >= 0.3 is 6.03 Å². The van der Waals surface area contributed by atoms with Gasteiger partial charge in [0.15, 0.2) is 0 Å². The van der Waals surface area contributed by atoms with Gasteiger partial charge in [-0.15, -0.1) is 0 Å². The number of nitrogens with zero attached hydrogens (tertiary/aromatic N) is 4. The summed E-state index contributed by atoms with van der Waals surface area (Å²) in [6.07, 6.45) is 9.30. The molecule has 25 heavy (non-hydrogen) atoms. The fraction of sp³-hybridized carbons (Fsp3) is 0.500. The molecule has 0 aromatic carbocycles. The Balaban J connectivity index is 1.37. The third kappa shape index (κ3) is 3.92. The van der Waals surface area contributed by atoms with E-state index >= 15 is 0 Å². The summed E-state index contributed by atoms with van der Waals surface area (Å²) in [6.45, 7) is 2.20. The van der Waals surface area contributed by atoms with Crippen molar-refractivity contribution in [1.29, 1.82) is 0 Å². The zero-order valence-electron chi connectivity index (χ0n) is 14.2. The lowest BCUT2D eigenvalue weighted by Gasteiger charge is -2.34. The number of hydrogen-bond acceptors (Lipinski definition) is 5. The lowest BCUT2D eigenvalue weighted by atomic mass is 10.1. The Morgan fingerprint density at radius 3 is 2.84 bits per heavy atom. The molecule has 0 radical (unpaired) electrons. The summed E-state index contributed by atoms with van der Waals surface area (Å²) in [7, 11) is 0. The number of urea groups is 1. The van der Waals surface area contributed by atoms with E-state index in [2.05, 4.69) is 20.2 Å². The molecule has 2 amide bonds. The van der Waals surface area contributed by atoms with Gasteiger partial charge < -0.3 is 19.5 Å². The number of furan rings is 1. The van der Waals surface area contributed by atoms with E-state index in [1.807, 2.05) is 23.1 Å². The fourth-order valence-corrected chi connectivity index (χ4v) is 3.31. The van der Waals surface area contributed by atoms with Crippen LogP contribution in [0.5, 0.6) is 0 Å². The van der Waals surface area contributed by atoms with E-state index in [1.165, 1.54) is 0 Å². The maximum absolute atomic E-state index is 12.8. The van der Waals surface area contributed by atoms with E-state index in [1.54, 1.807) is 18.7 Å². The molecular formula is C18H23N5O2. The van der Waals surface area contributed by atoms with Gasteiger partial charge in [-0.05, 0) is 43.9 Å². The Bertz CT molecular complexity index is 687. The van der Waals surface area contributed by atoms with Crippen LogP contribution in [0.3, 0.4) is 0 Å². The molecule has 2 aromatic heterocycles. The Labute approximate surface area is 147 Å². The van der Waals surface area contributed by atoms with Crippen molar-refractivity contribution in [2.24, 2.45) is 0 Å². The van der Waals surface area contributed by atoms with Crippen LogP contribution in [-0.4, -0.2) is 46.1 Å². The second kappa shape index (κ2) is 7.13. The highest BCUT2D eigenvalue weighted by atomic mass is 16.3. The molecule has 1 N–H and O–H groups in total. The van der Waals surface area contributed by atoms with E-state index < -0.39 is 0 Å². The molecule has 3 heterocycles. The molecule has 7 heteroatoms. The molecule has 1 aliphatic carbocycles. The Morgan fingerprint density at radius 2 is 2.12 bits per heavy atom. The molecule has 1 saturated carbocycles. The van der Waals surface area contributed by atoms with Crippen molar-refractivity contribution in [3.8, 4) is 0 Å². The molecule has 7 nitrogen and oxygen atoms in total. The van der Waals surface area contributed by atoms with Crippen LogP contribution >= 0.6 is 0 Å². The van der Waals surface area contributed by atoms with Gasteiger partial charge in [-0.3, -0.25) is 0 Å². The molecular weight excluding hydrogens is 318 g/mol. The molecule has 2 aliphatic rings. The second-order valence-electron chi connectivity index (χ2n) is 6.72. The van der Waals surface area contributed by atoms with Gasteiger partial charge in [0.05, 0.1) is 12.8 Å². The first-order valence-electron chi connectivity index (χ1n) is 8.91. The van der Waals surface area contributed by atoms with E-state index in [9.17, 15) is 4.79 Å². The average molecular weight is 341 g/mol. The first kappa shape index (κ1) is 15.9. The SMILES string of the molecule is O=C(NC1CCCN(c2ncccn2)C1)N(Cc1ccco1)C1CC1. The third-order valence-corrected chi connectivity index (χ3v) is 4.74. The van der Waals surface area contributed by atoms with Crippen LogP contribution in [0.2, 0.25) is 0 Å². The number of anilines is 1. The highest BCUT2D eigenvalue weighted by Gasteiger charge is 2.34. The van der Waals surface area contributed by atoms with Gasteiger partial charge in [-0.1, -0.05) is 0 Å². The molecule has 2 aromatic rings. The number of carbonyl (C=O) groups is 1. The molecule has 4 rings (SSSR count). The summed E-state index contributed by atoms with van der Waals surface area (Å²) >= 11 is 0. The van der Waals surface area contributed by atoms with Crippen molar-refractivity contribution >= 4 is 12.0 Å². The van der Waals surface area contributed by atoms with Crippen LogP contribution in [0, 0.1) is 0 Å². The van der Waals surface area contributed by atoms with Gasteiger partial charge in [0, 0.05) is 37.6 Å². The van der Waals surface area contributed by atoms with Crippen LogP contribution in [0.4, 0.5) is 10.7 Å². The van der Waals surface area contributed by atoms with Gasteiger partial charge in [0.1, 0.15) is 5.76 Å². The monoisotopic (exact) mass is 341 g/mol. The molecule has 2 fully saturated rings. The largest absolute Gasteiger partial charge is 0.467 e. The molecule has 1 unspecified atom stereocenters. The van der Waals surface area contributed by atoms with E-state index in [0.717, 1.165) is 50.5 Å². The van der Waals surface area contributed by atoms with Crippen LogP contribution in [-0.2, 0) is 6.54 Å². The van der Waals surface area contributed by atoms with Crippen molar-refractivity contribution < 1.29 is 9.21 Å². The van der Waals surface area contributed by atoms with Crippen LogP contribution in [0.1, 0.15) is 31.4 Å². The van der Waals surface area contributed by atoms with Crippen molar-refractivity contribution in [1.82, 2.24) is 20.2 Å². The van der Waals surface area contributed by atoms with E-state index in [4.69, 9.17) is 4.42 Å². The predicted molar refractivity (Wildman–Crippen MR) is 93.1 cm³/mol. The lowest BCUT2D eigenvalue weighted by molar-refractivity contribution is 0.181. The molecule has 0 spiro atoms. The summed E-state index contributed by atoms with van der Waals surface area (Å²) in [5, 5.41) is 3.20. The maximum Gasteiger partial charge on any atom is 0.318 e. The van der Waals surface area contributed by atoms with Gasteiger partial charge in [-0.2, -0.15) is 0 Å². The first-order valence-corrected chi connectivity index (χ1v) is 8.91. The molecule has 1 atom stereocenters. The smallest absolute Gasteiger partial charge is 0.318 e. The van der Waals surface area contributed by atoms with Gasteiger partial charge in [0.2, 0.25) is 5.95 Å². The minimum absolute atomic E-state index is 0.000250. The predicted octanol–water partition coefficient (Wildman–Crippen LogP) is 2.41. The summed E-state index contributed by atoms with van der Waals surface area (Å²) < 4.78 is 5.41. The third-order valence-electron chi connectivity index (χ3n) is 4.74. The highest BCUT2D eigenvalue weighted by molar-refractivity contribution is 5.75. The minimum atomic E-state index is -0.000250. The van der Waals surface area contributed by atoms with E-state index in [0.29, 0.717) is 12.6 Å². The van der Waals surface area contributed by atoms with Crippen molar-refractivity contribution in [3.05, 3.63) is 42.6 Å². The van der Waals surface area contributed by atoms with Gasteiger partial charge in [0.25, 0.3) is 0 Å². The van der Waals surface area contributed by atoms with Crippen molar-refractivity contribution in [2.45, 2.75) is 44.3 Å². The van der Waals surface area contributed by atoms with Crippen LogP contribution in [0.15, 0.2) is 41.3 Å². The number of carbonyl (C=O) groups excluding carboxylic acids is 1. The number of piperidine rings is 1. The number of rotatable bonds is 5. The number of amides is 2. The second-order valence-corrected chi connectivity index (χ2v) is 6.72. The van der Waals surface area contributed by atoms with Gasteiger partial charge in [-0.25, -0.2) is 14.8 Å². The summed E-state index contributed by atoms with van der Waals surface area (Å²) in [5.41, 5.74) is 0. The van der Waals surface area contributed by atoms with Crippen molar-refractivity contribution in [2.75, 3.05) is 18.0 Å². The fourth-order valence-electron chi connectivity index (χ4n) is 3.31. The summed E-state index contributed by atoms with van der Waals surface area (Å²) in [5.74, 6) is 1.56. The van der Waals surface area contributed by atoms with Crippen LogP contribution < -0.4 is 10.2 Å². The summed E-state index contributed by atoms with van der Waals surface area (Å²) in [4.78, 5) is 25.5. The van der Waals surface area contributed by atoms with Crippen LogP contribution in [0.25, 0.3) is 0 Å². The standard InChI is InChI=1S/C18H23N5O2/c24-18(23(15-6-7-15)13-16-5-2-11-25-16)21-14-4-1-10-22(12-14)17-19-8-3-9-20-17/h2-3,5,8-9,11,14-15H,1,4,6-7,10,12-13H2,(H,21,24). The van der Waals surface area contributed by atoms with E-state index in [-0.39, 0.29) is 12.1 Å². The first-order chi connectivity index (χ1) is 12.3. The Kier molecular flexibility index (Phi) is 4.54. The number of hydrogen-bond donors (Lipinski definition) is 1. The maximum atomic E-state index is 12.8. The topological polar surface area (TPSA) is 74.5 Å². The van der Waals surface area contributed by atoms with Crippen molar-refractivity contribution in [3.63, 3.8) is 0 Å². The average Bonchev–Trinajstić information content (AvgIpc) is 3.36.